The lowest BCUT2D eigenvalue weighted by Crippen LogP contribution is -2.57. The molecule has 4 aliphatic heterocycles. The van der Waals surface area contributed by atoms with Crippen LogP contribution in [0.5, 0.6) is 0 Å². The van der Waals surface area contributed by atoms with E-state index in [0.29, 0.717) is 38.9 Å². The van der Waals surface area contributed by atoms with E-state index < -0.39 is 58.9 Å². The Kier molecular flexibility index (Phi) is 20.1. The van der Waals surface area contributed by atoms with Crippen molar-refractivity contribution in [2.45, 2.75) is 226 Å². The first-order valence-electron chi connectivity index (χ1n) is 29.1. The van der Waals surface area contributed by atoms with Crippen LogP contribution in [0.4, 0.5) is 0 Å². The summed E-state index contributed by atoms with van der Waals surface area (Å²) >= 11 is 3.50. The van der Waals surface area contributed by atoms with Gasteiger partial charge in [0.2, 0.25) is 35.4 Å². The van der Waals surface area contributed by atoms with Crippen LogP contribution < -0.4 is 32.7 Å². The average molecular weight is 1120 g/mol. The standard InChI is InChI=1S/C60H90N8O8S2/c1-35(63-7)55(71)65-41-31-45(77-47-33-59(3,4)51(53(61)69)67(47)57(41)73)49-39-25-19-17-23-37(39)29-43(49)75-27-21-15-13-11-9-10-12-14-16-22-28-76-44-30-38-24-18-20-26-40(38)50(44)46-32-42(66-56(72)36(2)64-8)58(74)68-48(78-46)34-60(5,6)52(68)54(62)70/h17-20,23-26,35-36,41-52,63-64H,9-16,21-22,27-34H2,1-8H3,(H2,61,69)(H2,62,70)(H,65,71)(H,66,72)/t35-,36-,41?,42?,43+,44+,45?,46?,47?,48?,49-,50-,51?,52?/m0/s1. The number of rotatable bonds is 25. The lowest BCUT2D eigenvalue weighted by molar-refractivity contribution is -0.142. The molecule has 18 heteroatoms. The predicted molar refractivity (Wildman–Crippen MR) is 308 cm³/mol. The van der Waals surface area contributed by atoms with Gasteiger partial charge in [0.15, 0.2) is 0 Å². The molecule has 0 radical (unpaired) electrons. The van der Waals surface area contributed by atoms with Crippen molar-refractivity contribution in [1.29, 1.82) is 0 Å². The molecule has 4 saturated heterocycles. The molecule has 2 aliphatic carbocycles. The third-order valence-electron chi connectivity index (χ3n) is 18.1. The van der Waals surface area contributed by atoms with Crippen molar-refractivity contribution < 1.29 is 38.2 Å². The first kappa shape index (κ1) is 59.9. The Morgan fingerprint density at radius 2 is 0.936 bits per heavy atom. The second kappa shape index (κ2) is 26.1. The van der Waals surface area contributed by atoms with Gasteiger partial charge in [-0.15, -0.1) is 23.5 Å². The summed E-state index contributed by atoms with van der Waals surface area (Å²) in [5.74, 6) is -1.99. The number of thioether (sulfide) groups is 2. The zero-order valence-corrected chi connectivity index (χ0v) is 49.2. The fourth-order valence-corrected chi connectivity index (χ4v) is 17.9. The Morgan fingerprint density at radius 3 is 1.28 bits per heavy atom. The Hall–Kier alpha value is -4.20. The summed E-state index contributed by atoms with van der Waals surface area (Å²) in [6.07, 6.45) is 14.9. The molecule has 8 N–H and O–H groups in total. The molecule has 8 unspecified atom stereocenters. The van der Waals surface area contributed by atoms with Crippen LogP contribution in [-0.2, 0) is 51.1 Å². The number of carbonyl (C=O) groups is 6. The Balaban J connectivity index is 0.779. The number of ether oxygens (including phenoxy) is 2. The number of primary amides is 2. The van der Waals surface area contributed by atoms with Crippen molar-refractivity contribution in [3.05, 3.63) is 70.8 Å². The highest BCUT2D eigenvalue weighted by molar-refractivity contribution is 8.00. The molecule has 4 fully saturated rings. The second-order valence-electron chi connectivity index (χ2n) is 24.6. The molecule has 14 atom stereocenters. The van der Waals surface area contributed by atoms with Crippen molar-refractivity contribution in [3.8, 4) is 0 Å². The quantitative estimate of drug-likeness (QED) is 0.0593. The number of nitrogens with two attached hydrogens (primary N) is 2. The van der Waals surface area contributed by atoms with Gasteiger partial charge in [-0.25, -0.2) is 0 Å². The average Bonchev–Trinajstić information content (AvgIpc) is 4.19. The number of benzene rings is 2. The summed E-state index contributed by atoms with van der Waals surface area (Å²) in [6, 6.07) is 13.0. The Bertz CT molecular complexity index is 2300. The van der Waals surface area contributed by atoms with E-state index >= 15 is 0 Å². The lowest BCUT2D eigenvalue weighted by Gasteiger charge is -2.32. The van der Waals surface area contributed by atoms with Gasteiger partial charge in [0.1, 0.15) is 24.2 Å². The molecule has 0 bridgehead atoms. The molecule has 2 aromatic rings. The van der Waals surface area contributed by atoms with Crippen LogP contribution in [0.25, 0.3) is 0 Å². The molecule has 0 aromatic heterocycles. The summed E-state index contributed by atoms with van der Waals surface area (Å²) in [6.45, 7) is 12.9. The highest BCUT2D eigenvalue weighted by Crippen LogP contribution is 2.54. The summed E-state index contributed by atoms with van der Waals surface area (Å²) in [4.78, 5) is 84.7. The number of nitrogens with zero attached hydrogens (tertiary/aromatic N) is 2. The topological polar surface area (TPSA) is 228 Å². The molecule has 0 spiro atoms. The fourth-order valence-electron chi connectivity index (χ4n) is 13.8. The summed E-state index contributed by atoms with van der Waals surface area (Å²) < 4.78 is 13.6. The van der Waals surface area contributed by atoms with Crippen LogP contribution in [0.1, 0.15) is 166 Å². The predicted octanol–water partition coefficient (Wildman–Crippen LogP) is 6.41. The van der Waals surface area contributed by atoms with Gasteiger partial charge in [-0.2, -0.15) is 0 Å². The van der Waals surface area contributed by atoms with Gasteiger partial charge in [-0.05, 0) is 112 Å². The van der Waals surface area contributed by atoms with Crippen molar-refractivity contribution in [2.24, 2.45) is 22.3 Å². The van der Waals surface area contributed by atoms with Crippen molar-refractivity contribution in [2.75, 3.05) is 27.3 Å². The van der Waals surface area contributed by atoms with Gasteiger partial charge in [0.05, 0.1) is 35.0 Å². The Morgan fingerprint density at radius 1 is 0.590 bits per heavy atom. The van der Waals surface area contributed by atoms with Gasteiger partial charge >= 0.3 is 0 Å². The number of hydrogen-bond donors (Lipinski definition) is 6. The molecule has 16 nitrogen and oxygen atoms in total. The summed E-state index contributed by atoms with van der Waals surface area (Å²) in [5, 5.41) is 11.5. The number of unbranched alkanes of at least 4 members (excludes halogenated alkanes) is 9. The molecule has 8 rings (SSSR count). The van der Waals surface area contributed by atoms with Crippen LogP contribution in [0.3, 0.4) is 0 Å². The molecular weight excluding hydrogens is 1020 g/mol. The number of amides is 6. The van der Waals surface area contributed by atoms with E-state index in [9.17, 15) is 28.8 Å². The van der Waals surface area contributed by atoms with Gasteiger partial charge in [-0.3, -0.25) is 28.8 Å². The van der Waals surface area contributed by atoms with Crippen LogP contribution in [-0.4, -0.2) is 142 Å². The number of nitrogens with one attached hydrogen (secondary N) is 4. The normalized spacial score (nSPS) is 30.6. The molecular formula is C60H90N8O8S2. The first-order valence-corrected chi connectivity index (χ1v) is 31.0. The number of likely N-dealkylation sites (N-methyl/N-ethyl adjacent to an activating group) is 2. The van der Waals surface area contributed by atoms with Gasteiger partial charge < -0.3 is 52.0 Å². The third-order valence-corrected chi connectivity index (χ3v) is 21.1. The number of hydrogen-bond acceptors (Lipinski definition) is 12. The SMILES string of the molecule is CN[C@@H](C)C(=O)NC1CC([C@H]2c3ccccc3C[C@H]2OCCCCCCCCCCCCO[C@@H]2Cc3ccccc3[C@@H]2C2CC(NC(=O)[C@H](C)NC)C(=O)N3C(CC(C)(C)C3C(N)=O)S2)SC2CC(C)(C)C(C(N)=O)N2C1=O. The van der Waals surface area contributed by atoms with E-state index in [4.69, 9.17) is 20.9 Å². The molecule has 6 aliphatic rings. The van der Waals surface area contributed by atoms with E-state index in [2.05, 4.69) is 69.8 Å². The monoisotopic (exact) mass is 1110 g/mol. The maximum atomic E-state index is 14.4. The molecule has 430 valence electrons. The Labute approximate surface area is 472 Å². The first-order chi connectivity index (χ1) is 37.3. The third kappa shape index (κ3) is 13.3. The minimum Gasteiger partial charge on any atom is -0.377 e. The van der Waals surface area contributed by atoms with E-state index in [1.54, 1.807) is 61.3 Å². The molecule has 78 heavy (non-hydrogen) atoms. The van der Waals surface area contributed by atoms with E-state index in [1.165, 1.54) is 47.9 Å². The minimum atomic E-state index is -0.797. The van der Waals surface area contributed by atoms with Gasteiger partial charge in [-0.1, -0.05) is 128 Å². The molecule has 4 heterocycles. The van der Waals surface area contributed by atoms with E-state index in [1.807, 2.05) is 27.7 Å². The molecule has 2 aromatic carbocycles. The van der Waals surface area contributed by atoms with E-state index in [0.717, 1.165) is 51.4 Å². The molecule has 6 amide bonds. The van der Waals surface area contributed by atoms with Crippen LogP contribution >= 0.6 is 23.5 Å². The van der Waals surface area contributed by atoms with Crippen LogP contribution in [0.2, 0.25) is 0 Å². The fraction of sp³-hybridized carbons (Fsp3) is 0.700. The van der Waals surface area contributed by atoms with Gasteiger partial charge in [0.25, 0.3) is 0 Å². The zero-order chi connectivity index (χ0) is 56.1. The zero-order valence-electron chi connectivity index (χ0n) is 47.6. The molecule has 0 saturated carbocycles. The van der Waals surface area contributed by atoms with Crippen LogP contribution in [0.15, 0.2) is 48.5 Å². The summed E-state index contributed by atoms with van der Waals surface area (Å²) in [7, 11) is 3.44. The second-order valence-corrected chi connectivity index (χ2v) is 27.4. The van der Waals surface area contributed by atoms with Crippen molar-refractivity contribution >= 4 is 59.0 Å². The number of fused-ring (bicyclic) bond motifs is 4. The highest BCUT2D eigenvalue weighted by Gasteiger charge is 2.58. The lowest BCUT2D eigenvalue weighted by atomic mass is 9.84. The van der Waals surface area contributed by atoms with Crippen LogP contribution in [0, 0.1) is 10.8 Å². The minimum absolute atomic E-state index is 0.0197. The largest absolute Gasteiger partial charge is 0.377 e. The number of carbonyl (C=O) groups excluding carboxylic acids is 6. The smallest absolute Gasteiger partial charge is 0.246 e. The van der Waals surface area contributed by atoms with Crippen molar-refractivity contribution in [3.63, 3.8) is 0 Å². The van der Waals surface area contributed by atoms with Gasteiger partial charge in [0, 0.05) is 35.5 Å². The van der Waals surface area contributed by atoms with Crippen molar-refractivity contribution in [1.82, 2.24) is 31.1 Å². The van der Waals surface area contributed by atoms with E-state index in [-0.39, 0.29) is 68.9 Å². The maximum Gasteiger partial charge on any atom is 0.246 e. The summed E-state index contributed by atoms with van der Waals surface area (Å²) in [5.41, 5.74) is 16.0. The highest BCUT2D eigenvalue weighted by atomic mass is 32.2. The maximum absolute atomic E-state index is 14.4.